The highest BCUT2D eigenvalue weighted by Crippen LogP contribution is 2.24. The minimum absolute atomic E-state index is 0.0375. The molecule has 2 N–H and O–H groups in total. The summed E-state index contributed by atoms with van der Waals surface area (Å²) in [5.41, 5.74) is 0.0375. The van der Waals surface area contributed by atoms with Crippen LogP contribution < -0.4 is 10.1 Å². The van der Waals surface area contributed by atoms with E-state index in [0.29, 0.717) is 12.8 Å². The highest BCUT2D eigenvalue weighted by atomic mass is 19.1. The molecule has 1 aromatic heterocycles. The molecule has 2 aromatic rings. The van der Waals surface area contributed by atoms with Crippen molar-refractivity contribution in [1.29, 1.82) is 0 Å². The molecule has 1 aliphatic carbocycles. The number of carboxylic acids is 1. The number of carbonyl (C=O) groups excluding carboxylic acids is 1. The first-order valence-corrected chi connectivity index (χ1v) is 8.91. The maximum atomic E-state index is 13.5. The van der Waals surface area contributed by atoms with Crippen molar-refractivity contribution in [3.05, 3.63) is 47.6 Å². The van der Waals surface area contributed by atoms with Gasteiger partial charge in [0.1, 0.15) is 6.61 Å². The topological polar surface area (TPSA) is 102 Å². The van der Waals surface area contributed by atoms with E-state index in [1.54, 1.807) is 12.1 Å². The zero-order valence-electron chi connectivity index (χ0n) is 14.7. The van der Waals surface area contributed by atoms with Crippen LogP contribution in [0.2, 0.25) is 0 Å². The van der Waals surface area contributed by atoms with Crippen molar-refractivity contribution in [1.82, 2.24) is 10.5 Å². The van der Waals surface area contributed by atoms with Gasteiger partial charge in [-0.25, -0.2) is 4.39 Å². The lowest BCUT2D eigenvalue weighted by atomic mass is 9.95. The van der Waals surface area contributed by atoms with Crippen LogP contribution in [0, 0.1) is 11.7 Å². The Labute approximate surface area is 155 Å². The zero-order valence-corrected chi connectivity index (χ0v) is 14.7. The Morgan fingerprint density at radius 2 is 2.04 bits per heavy atom. The summed E-state index contributed by atoms with van der Waals surface area (Å²) in [5, 5.41) is 15.9. The van der Waals surface area contributed by atoms with Gasteiger partial charge in [0.2, 0.25) is 0 Å². The number of hydrogen-bond acceptors (Lipinski definition) is 5. The summed E-state index contributed by atoms with van der Waals surface area (Å²) in [4.78, 5) is 23.9. The molecule has 0 radical (unpaired) electrons. The van der Waals surface area contributed by atoms with E-state index in [-0.39, 0.29) is 23.8 Å². The van der Waals surface area contributed by atoms with Crippen LogP contribution in [-0.2, 0) is 11.4 Å². The molecule has 1 amide bonds. The SMILES string of the molecule is O=C(N[C@H]1CCCCC[C@H]1C(=O)O)c1cc(COc2ccccc2F)on1. The molecule has 0 saturated heterocycles. The number of rotatable bonds is 6. The molecule has 1 heterocycles. The quantitative estimate of drug-likeness (QED) is 0.751. The number of halogens is 1. The van der Waals surface area contributed by atoms with E-state index in [9.17, 15) is 19.1 Å². The molecule has 1 aromatic carbocycles. The van der Waals surface area contributed by atoms with Gasteiger partial charge in [0.05, 0.1) is 5.92 Å². The van der Waals surface area contributed by atoms with Crippen LogP contribution in [0.15, 0.2) is 34.9 Å². The second-order valence-electron chi connectivity index (χ2n) is 6.56. The van der Waals surface area contributed by atoms with Gasteiger partial charge in [0.15, 0.2) is 23.0 Å². The number of nitrogens with zero attached hydrogens (tertiary/aromatic N) is 1. The summed E-state index contributed by atoms with van der Waals surface area (Å²) in [6.07, 6.45) is 3.82. The van der Waals surface area contributed by atoms with Crippen LogP contribution >= 0.6 is 0 Å². The molecule has 0 bridgehead atoms. The number of hydrogen-bond donors (Lipinski definition) is 2. The summed E-state index contributed by atoms with van der Waals surface area (Å²) < 4.78 is 23.9. The smallest absolute Gasteiger partial charge is 0.308 e. The standard InChI is InChI=1S/C19H21FN2O5/c20-14-7-4-5-9-17(14)26-11-12-10-16(22-27-12)18(23)21-15-8-3-1-2-6-13(15)19(24)25/h4-5,7,9-10,13,15H,1-3,6,8,11H2,(H,21,23)(H,24,25)/t13-,15+/m1/s1. The first-order valence-electron chi connectivity index (χ1n) is 8.91. The van der Waals surface area contributed by atoms with Crippen LogP contribution in [0.3, 0.4) is 0 Å². The largest absolute Gasteiger partial charge is 0.482 e. The summed E-state index contributed by atoms with van der Waals surface area (Å²) >= 11 is 0. The summed E-state index contributed by atoms with van der Waals surface area (Å²) in [6, 6.07) is 6.92. The highest BCUT2D eigenvalue weighted by Gasteiger charge is 2.31. The minimum Gasteiger partial charge on any atom is -0.482 e. The van der Waals surface area contributed by atoms with Crippen LogP contribution in [0.5, 0.6) is 5.75 Å². The van der Waals surface area contributed by atoms with Crippen molar-refractivity contribution in [2.45, 2.75) is 44.8 Å². The van der Waals surface area contributed by atoms with Crippen LogP contribution in [-0.4, -0.2) is 28.2 Å². The molecular formula is C19H21FN2O5. The average molecular weight is 376 g/mol. The molecule has 0 aliphatic heterocycles. The third-order valence-electron chi connectivity index (χ3n) is 4.65. The van der Waals surface area contributed by atoms with Gasteiger partial charge in [-0.2, -0.15) is 0 Å². The van der Waals surface area contributed by atoms with E-state index in [0.717, 1.165) is 19.3 Å². The fraction of sp³-hybridized carbons (Fsp3) is 0.421. The molecule has 27 heavy (non-hydrogen) atoms. The predicted molar refractivity (Wildman–Crippen MR) is 92.7 cm³/mol. The third-order valence-corrected chi connectivity index (χ3v) is 4.65. The molecule has 1 fully saturated rings. The van der Waals surface area contributed by atoms with Gasteiger partial charge in [0, 0.05) is 12.1 Å². The van der Waals surface area contributed by atoms with E-state index in [4.69, 9.17) is 9.26 Å². The lowest BCUT2D eigenvalue weighted by Gasteiger charge is -2.22. The van der Waals surface area contributed by atoms with E-state index in [1.807, 2.05) is 0 Å². The zero-order chi connectivity index (χ0) is 19.2. The van der Waals surface area contributed by atoms with Crippen molar-refractivity contribution in [3.63, 3.8) is 0 Å². The van der Waals surface area contributed by atoms with Crippen molar-refractivity contribution in [2.24, 2.45) is 5.92 Å². The Hall–Kier alpha value is -2.90. The fourth-order valence-electron chi connectivity index (χ4n) is 3.22. The van der Waals surface area contributed by atoms with E-state index in [1.165, 1.54) is 18.2 Å². The molecule has 3 rings (SSSR count). The van der Waals surface area contributed by atoms with Crippen molar-refractivity contribution < 1.29 is 28.3 Å². The molecule has 0 unspecified atom stereocenters. The van der Waals surface area contributed by atoms with E-state index in [2.05, 4.69) is 10.5 Å². The normalized spacial score (nSPS) is 19.9. The monoisotopic (exact) mass is 376 g/mol. The number of aliphatic carboxylic acids is 1. The van der Waals surface area contributed by atoms with Gasteiger partial charge in [-0.3, -0.25) is 9.59 Å². The predicted octanol–water partition coefficient (Wildman–Crippen LogP) is 3.16. The van der Waals surface area contributed by atoms with Crippen molar-refractivity contribution in [2.75, 3.05) is 0 Å². The third kappa shape index (κ3) is 4.84. The number of carboxylic acid groups (broad SMARTS) is 1. The van der Waals surface area contributed by atoms with Gasteiger partial charge in [-0.1, -0.05) is 36.6 Å². The van der Waals surface area contributed by atoms with Gasteiger partial charge in [0.25, 0.3) is 5.91 Å². The molecule has 1 aliphatic rings. The van der Waals surface area contributed by atoms with Gasteiger partial charge >= 0.3 is 5.97 Å². The summed E-state index contributed by atoms with van der Waals surface area (Å²) in [6.45, 7) is -0.0810. The van der Waals surface area contributed by atoms with Crippen molar-refractivity contribution in [3.8, 4) is 5.75 Å². The van der Waals surface area contributed by atoms with Gasteiger partial charge < -0.3 is 19.7 Å². The van der Waals surface area contributed by atoms with Gasteiger partial charge in [-0.15, -0.1) is 0 Å². The number of para-hydroxylation sites is 1. The van der Waals surface area contributed by atoms with E-state index >= 15 is 0 Å². The molecule has 144 valence electrons. The first kappa shape index (κ1) is 18.9. The number of carbonyl (C=O) groups is 2. The van der Waals surface area contributed by atoms with Gasteiger partial charge in [-0.05, 0) is 25.0 Å². The van der Waals surface area contributed by atoms with E-state index < -0.39 is 29.7 Å². The lowest BCUT2D eigenvalue weighted by molar-refractivity contribution is -0.142. The lowest BCUT2D eigenvalue weighted by Crippen LogP contribution is -2.42. The number of benzene rings is 1. The van der Waals surface area contributed by atoms with Crippen LogP contribution in [0.25, 0.3) is 0 Å². The molecule has 0 spiro atoms. The Morgan fingerprint density at radius 3 is 2.81 bits per heavy atom. The Balaban J connectivity index is 1.60. The fourth-order valence-corrected chi connectivity index (χ4v) is 3.22. The molecule has 1 saturated carbocycles. The summed E-state index contributed by atoms with van der Waals surface area (Å²) in [5.74, 6) is -2.16. The minimum atomic E-state index is -0.902. The number of ether oxygens (including phenoxy) is 1. The molecular weight excluding hydrogens is 355 g/mol. The summed E-state index contributed by atoms with van der Waals surface area (Å²) in [7, 11) is 0. The van der Waals surface area contributed by atoms with Crippen LogP contribution in [0.4, 0.5) is 4.39 Å². The van der Waals surface area contributed by atoms with Crippen molar-refractivity contribution >= 4 is 11.9 Å². The maximum absolute atomic E-state index is 13.5. The van der Waals surface area contributed by atoms with Crippen LogP contribution in [0.1, 0.15) is 48.4 Å². The number of aromatic nitrogens is 1. The first-order chi connectivity index (χ1) is 13.0. The highest BCUT2D eigenvalue weighted by molar-refractivity contribution is 5.92. The Bertz CT molecular complexity index is 807. The molecule has 8 heteroatoms. The Kier molecular flexibility index (Phi) is 6.05. The second kappa shape index (κ2) is 8.66. The maximum Gasteiger partial charge on any atom is 0.308 e. The molecule has 7 nitrogen and oxygen atoms in total. The second-order valence-corrected chi connectivity index (χ2v) is 6.56. The number of amides is 1. The Morgan fingerprint density at radius 1 is 1.26 bits per heavy atom. The molecule has 2 atom stereocenters. The average Bonchev–Trinajstić information content (AvgIpc) is 3.00. The number of nitrogens with one attached hydrogen (secondary N) is 1.